The lowest BCUT2D eigenvalue weighted by molar-refractivity contribution is 0.0949. The molecular formula is C17H18N2O. The molecule has 1 unspecified atom stereocenters. The summed E-state index contributed by atoms with van der Waals surface area (Å²) in [6, 6.07) is 13.8. The van der Waals surface area contributed by atoms with Gasteiger partial charge in [0.1, 0.15) is 0 Å². The standard InChI is InChI=1S/C17H18N2O/c1-11-6-7-14(18)9-16(11)17(20)19-10-13-8-12-4-2-3-5-15(12)13/h2-7,9,13H,8,10,18H2,1H3,(H,19,20). The van der Waals surface area contributed by atoms with Crippen molar-refractivity contribution >= 4 is 11.6 Å². The molecule has 3 N–H and O–H groups in total. The summed E-state index contributed by atoms with van der Waals surface area (Å²) in [7, 11) is 0. The van der Waals surface area contributed by atoms with Crippen LogP contribution >= 0.6 is 0 Å². The predicted molar refractivity (Wildman–Crippen MR) is 80.8 cm³/mol. The Labute approximate surface area is 118 Å². The normalized spacial score (nSPS) is 16.1. The number of nitrogens with two attached hydrogens (primary N) is 1. The number of anilines is 1. The van der Waals surface area contributed by atoms with Gasteiger partial charge < -0.3 is 11.1 Å². The van der Waals surface area contributed by atoms with Crippen LogP contribution in [-0.4, -0.2) is 12.5 Å². The van der Waals surface area contributed by atoms with Gasteiger partial charge in [-0.15, -0.1) is 0 Å². The van der Waals surface area contributed by atoms with Gasteiger partial charge in [0.2, 0.25) is 0 Å². The van der Waals surface area contributed by atoms with Gasteiger partial charge in [-0.3, -0.25) is 4.79 Å². The monoisotopic (exact) mass is 266 g/mol. The summed E-state index contributed by atoms with van der Waals surface area (Å²) >= 11 is 0. The van der Waals surface area contributed by atoms with Crippen LogP contribution in [0, 0.1) is 6.92 Å². The van der Waals surface area contributed by atoms with E-state index in [0.717, 1.165) is 12.0 Å². The van der Waals surface area contributed by atoms with Crippen molar-refractivity contribution < 1.29 is 4.79 Å². The van der Waals surface area contributed by atoms with E-state index in [2.05, 4.69) is 29.6 Å². The summed E-state index contributed by atoms with van der Waals surface area (Å²) in [5.41, 5.74) is 10.7. The highest BCUT2D eigenvalue weighted by molar-refractivity contribution is 5.96. The number of hydrogen-bond donors (Lipinski definition) is 2. The van der Waals surface area contributed by atoms with Crippen molar-refractivity contribution in [3.05, 3.63) is 64.7 Å². The van der Waals surface area contributed by atoms with Crippen molar-refractivity contribution in [1.82, 2.24) is 5.32 Å². The van der Waals surface area contributed by atoms with Crippen LogP contribution in [0.2, 0.25) is 0 Å². The summed E-state index contributed by atoms with van der Waals surface area (Å²) in [5, 5.41) is 3.02. The maximum Gasteiger partial charge on any atom is 0.251 e. The number of fused-ring (bicyclic) bond motifs is 1. The molecule has 0 aliphatic heterocycles. The molecule has 3 nitrogen and oxygen atoms in total. The van der Waals surface area contributed by atoms with Gasteiger partial charge in [0.05, 0.1) is 0 Å². The van der Waals surface area contributed by atoms with Crippen molar-refractivity contribution in [2.24, 2.45) is 0 Å². The molecule has 0 saturated carbocycles. The minimum Gasteiger partial charge on any atom is -0.399 e. The van der Waals surface area contributed by atoms with Crippen LogP contribution in [0.25, 0.3) is 0 Å². The van der Waals surface area contributed by atoms with Gasteiger partial charge in [0, 0.05) is 23.7 Å². The van der Waals surface area contributed by atoms with Gasteiger partial charge in [-0.2, -0.15) is 0 Å². The largest absolute Gasteiger partial charge is 0.399 e. The van der Waals surface area contributed by atoms with Crippen molar-refractivity contribution in [3.63, 3.8) is 0 Å². The van der Waals surface area contributed by atoms with E-state index in [-0.39, 0.29) is 5.91 Å². The van der Waals surface area contributed by atoms with E-state index < -0.39 is 0 Å². The smallest absolute Gasteiger partial charge is 0.251 e. The van der Waals surface area contributed by atoms with Crippen LogP contribution in [0.3, 0.4) is 0 Å². The summed E-state index contributed by atoms with van der Waals surface area (Å²) in [4.78, 5) is 12.2. The Morgan fingerprint density at radius 1 is 1.30 bits per heavy atom. The van der Waals surface area contributed by atoms with Crippen LogP contribution in [0.1, 0.15) is 33.0 Å². The number of hydrogen-bond acceptors (Lipinski definition) is 2. The van der Waals surface area contributed by atoms with E-state index in [4.69, 9.17) is 5.73 Å². The quantitative estimate of drug-likeness (QED) is 0.839. The fourth-order valence-corrected chi connectivity index (χ4v) is 2.74. The van der Waals surface area contributed by atoms with Gasteiger partial charge in [-0.1, -0.05) is 30.3 Å². The highest BCUT2D eigenvalue weighted by atomic mass is 16.1. The minimum absolute atomic E-state index is 0.0424. The maximum absolute atomic E-state index is 12.2. The summed E-state index contributed by atoms with van der Waals surface area (Å²) in [6.45, 7) is 2.61. The van der Waals surface area contributed by atoms with Crippen LogP contribution in [-0.2, 0) is 6.42 Å². The first-order valence-electron chi connectivity index (χ1n) is 6.87. The third-order valence-electron chi connectivity index (χ3n) is 3.98. The summed E-state index contributed by atoms with van der Waals surface area (Å²) < 4.78 is 0. The molecule has 3 rings (SSSR count). The zero-order valence-corrected chi connectivity index (χ0v) is 11.5. The highest BCUT2D eigenvalue weighted by Gasteiger charge is 2.25. The first-order chi connectivity index (χ1) is 9.65. The van der Waals surface area contributed by atoms with Gasteiger partial charge in [-0.05, 0) is 42.2 Å². The van der Waals surface area contributed by atoms with E-state index in [1.165, 1.54) is 11.1 Å². The van der Waals surface area contributed by atoms with Crippen molar-refractivity contribution in [1.29, 1.82) is 0 Å². The minimum atomic E-state index is -0.0424. The lowest BCUT2D eigenvalue weighted by Crippen LogP contribution is -2.33. The fourth-order valence-electron chi connectivity index (χ4n) is 2.74. The Morgan fingerprint density at radius 2 is 2.10 bits per heavy atom. The molecule has 1 atom stereocenters. The van der Waals surface area contributed by atoms with Crippen LogP contribution in [0.15, 0.2) is 42.5 Å². The molecule has 2 aromatic carbocycles. The fraction of sp³-hybridized carbons (Fsp3) is 0.235. The molecule has 0 heterocycles. The van der Waals surface area contributed by atoms with Crippen LogP contribution in [0.4, 0.5) is 5.69 Å². The number of amides is 1. The molecule has 0 fully saturated rings. The van der Waals surface area contributed by atoms with E-state index in [1.54, 1.807) is 6.07 Å². The topological polar surface area (TPSA) is 55.1 Å². The molecular weight excluding hydrogens is 248 g/mol. The third kappa shape index (κ3) is 2.27. The molecule has 1 amide bonds. The van der Waals surface area contributed by atoms with E-state index >= 15 is 0 Å². The van der Waals surface area contributed by atoms with Gasteiger partial charge >= 0.3 is 0 Å². The number of nitrogens with one attached hydrogen (secondary N) is 1. The van der Waals surface area contributed by atoms with Crippen LogP contribution in [0.5, 0.6) is 0 Å². The molecule has 1 aliphatic carbocycles. The first kappa shape index (κ1) is 12.7. The third-order valence-corrected chi connectivity index (χ3v) is 3.98. The number of rotatable bonds is 3. The van der Waals surface area contributed by atoms with Gasteiger partial charge in [0.15, 0.2) is 0 Å². The molecule has 0 saturated heterocycles. The lowest BCUT2D eigenvalue weighted by Gasteiger charge is -2.30. The average Bonchev–Trinajstić information content (AvgIpc) is 2.42. The average molecular weight is 266 g/mol. The van der Waals surface area contributed by atoms with E-state index in [1.807, 2.05) is 19.1 Å². The summed E-state index contributed by atoms with van der Waals surface area (Å²) in [5.74, 6) is 0.399. The Balaban J connectivity index is 1.65. The Kier molecular flexibility index (Phi) is 3.18. The SMILES string of the molecule is Cc1ccc(N)cc1C(=O)NCC1Cc2ccccc21. The number of carbonyl (C=O) groups excluding carboxylic acids is 1. The molecule has 3 heteroatoms. The molecule has 0 spiro atoms. The van der Waals surface area contributed by atoms with Crippen molar-refractivity contribution in [3.8, 4) is 0 Å². The molecule has 102 valence electrons. The van der Waals surface area contributed by atoms with Crippen LogP contribution < -0.4 is 11.1 Å². The summed E-state index contributed by atoms with van der Waals surface area (Å²) in [6.07, 6.45) is 1.05. The molecule has 0 radical (unpaired) electrons. The van der Waals surface area contributed by atoms with E-state index in [9.17, 15) is 4.79 Å². The second kappa shape index (κ2) is 5.00. The predicted octanol–water partition coefficient (Wildman–Crippen LogP) is 2.65. The Morgan fingerprint density at radius 3 is 2.90 bits per heavy atom. The number of aryl methyl sites for hydroxylation is 1. The zero-order valence-electron chi connectivity index (χ0n) is 11.5. The second-order valence-corrected chi connectivity index (χ2v) is 5.38. The number of benzene rings is 2. The molecule has 0 bridgehead atoms. The second-order valence-electron chi connectivity index (χ2n) is 5.38. The molecule has 0 aromatic heterocycles. The van der Waals surface area contributed by atoms with Gasteiger partial charge in [-0.25, -0.2) is 0 Å². The molecule has 20 heavy (non-hydrogen) atoms. The Bertz CT molecular complexity index is 664. The van der Waals surface area contributed by atoms with Gasteiger partial charge in [0.25, 0.3) is 5.91 Å². The number of nitrogen functional groups attached to an aromatic ring is 1. The first-order valence-corrected chi connectivity index (χ1v) is 6.87. The molecule has 2 aromatic rings. The maximum atomic E-state index is 12.2. The van der Waals surface area contributed by atoms with Crippen molar-refractivity contribution in [2.45, 2.75) is 19.3 Å². The van der Waals surface area contributed by atoms with E-state index in [0.29, 0.717) is 23.7 Å². The number of carbonyl (C=O) groups is 1. The zero-order chi connectivity index (χ0) is 14.1. The Hall–Kier alpha value is -2.29. The van der Waals surface area contributed by atoms with Crippen molar-refractivity contribution in [2.75, 3.05) is 12.3 Å². The highest BCUT2D eigenvalue weighted by Crippen LogP contribution is 2.34. The molecule has 1 aliphatic rings. The lowest BCUT2D eigenvalue weighted by atomic mass is 9.77.